The molecule has 0 fully saturated rings. The monoisotopic (exact) mass is 712 g/mol. The van der Waals surface area contributed by atoms with Crippen LogP contribution in [-0.4, -0.2) is 46.8 Å². The predicted molar refractivity (Wildman–Crippen MR) is 198 cm³/mol. The Morgan fingerprint density at radius 3 is 1.61 bits per heavy atom. The highest BCUT2D eigenvalue weighted by molar-refractivity contribution is 7.46. The van der Waals surface area contributed by atoms with Crippen molar-refractivity contribution in [3.05, 3.63) is 36.5 Å². The standard InChI is InChI=1S/C39H69O9P/c1-3-5-7-8-9-10-11-12-13-14-15-18-21-24-28-32-38(41)46-34-37(35-47-49(43,44)45)48-39(42)33-29-25-22-19-16-17-20-23-27-31-36(40)30-26-6-4-2/h12-13,20,23,27,31,37H,3-11,14-19,21-22,24-26,28-30,32-35H2,1-2H3,(H2,43,44,45)/b13-12-,23-20-,31-27+/t37-/m1/s1. The van der Waals surface area contributed by atoms with Crippen molar-refractivity contribution < 1.29 is 42.7 Å². The van der Waals surface area contributed by atoms with Crippen molar-refractivity contribution >= 4 is 25.5 Å². The average Bonchev–Trinajstić information content (AvgIpc) is 3.06. The van der Waals surface area contributed by atoms with Crippen LogP contribution in [0.4, 0.5) is 0 Å². The third-order valence-corrected chi connectivity index (χ3v) is 8.59. The van der Waals surface area contributed by atoms with Crippen molar-refractivity contribution in [1.82, 2.24) is 0 Å². The van der Waals surface area contributed by atoms with E-state index in [0.717, 1.165) is 83.5 Å². The molecule has 0 rings (SSSR count). The molecule has 0 saturated heterocycles. The molecule has 0 heterocycles. The highest BCUT2D eigenvalue weighted by Crippen LogP contribution is 2.36. The summed E-state index contributed by atoms with van der Waals surface area (Å²) in [6.45, 7) is 3.48. The van der Waals surface area contributed by atoms with E-state index >= 15 is 0 Å². The van der Waals surface area contributed by atoms with Crippen LogP contribution in [0.5, 0.6) is 0 Å². The molecule has 0 radical (unpaired) electrons. The predicted octanol–water partition coefficient (Wildman–Crippen LogP) is 10.6. The molecule has 0 saturated carbocycles. The van der Waals surface area contributed by atoms with Gasteiger partial charge >= 0.3 is 19.8 Å². The molecule has 0 unspecified atom stereocenters. The van der Waals surface area contributed by atoms with Crippen LogP contribution in [0, 0.1) is 0 Å². The molecule has 10 heteroatoms. The van der Waals surface area contributed by atoms with Crippen LogP contribution in [0.25, 0.3) is 0 Å². The van der Waals surface area contributed by atoms with Gasteiger partial charge in [-0.2, -0.15) is 0 Å². The Bertz CT molecular complexity index is 954. The summed E-state index contributed by atoms with van der Waals surface area (Å²) in [5, 5.41) is 0. The van der Waals surface area contributed by atoms with Gasteiger partial charge in [0.15, 0.2) is 11.9 Å². The molecular formula is C39H69O9P. The first kappa shape index (κ1) is 46.9. The zero-order chi connectivity index (χ0) is 36.3. The Hall–Kier alpha value is -2.06. The highest BCUT2D eigenvalue weighted by Gasteiger charge is 2.22. The van der Waals surface area contributed by atoms with E-state index in [1.165, 1.54) is 44.9 Å². The lowest BCUT2D eigenvalue weighted by atomic mass is 10.1. The van der Waals surface area contributed by atoms with Crippen molar-refractivity contribution in [2.24, 2.45) is 0 Å². The molecule has 284 valence electrons. The number of allylic oxidation sites excluding steroid dienone is 6. The Kier molecular flexibility index (Phi) is 32.9. The van der Waals surface area contributed by atoms with E-state index in [4.69, 9.17) is 19.3 Å². The maximum Gasteiger partial charge on any atom is 0.469 e. The van der Waals surface area contributed by atoms with Gasteiger partial charge in [-0.3, -0.25) is 18.9 Å². The minimum absolute atomic E-state index is 0.159. The van der Waals surface area contributed by atoms with E-state index in [1.54, 1.807) is 12.2 Å². The zero-order valence-electron chi connectivity index (χ0n) is 30.8. The summed E-state index contributed by atoms with van der Waals surface area (Å²) in [4.78, 5) is 54.4. The van der Waals surface area contributed by atoms with Gasteiger partial charge in [-0.05, 0) is 63.9 Å². The van der Waals surface area contributed by atoms with Crippen molar-refractivity contribution in [1.29, 1.82) is 0 Å². The maximum absolute atomic E-state index is 12.4. The number of ketones is 1. The van der Waals surface area contributed by atoms with Gasteiger partial charge in [-0.1, -0.05) is 128 Å². The lowest BCUT2D eigenvalue weighted by Crippen LogP contribution is -2.29. The number of unbranched alkanes of at least 4 members (excludes halogenated alkanes) is 18. The quantitative estimate of drug-likeness (QED) is 0.0164. The molecule has 0 amide bonds. The minimum atomic E-state index is -4.77. The zero-order valence-corrected chi connectivity index (χ0v) is 31.7. The number of carbonyl (C=O) groups is 3. The fraction of sp³-hybridized carbons (Fsp3) is 0.769. The summed E-state index contributed by atoms with van der Waals surface area (Å²) in [6.07, 6.45) is 35.6. The Morgan fingerprint density at radius 2 is 1.04 bits per heavy atom. The number of ether oxygens (including phenoxy) is 2. The topological polar surface area (TPSA) is 136 Å². The Balaban J connectivity index is 4.05. The first-order chi connectivity index (χ1) is 23.7. The van der Waals surface area contributed by atoms with Gasteiger partial charge in [0.05, 0.1) is 6.61 Å². The second-order valence-corrected chi connectivity index (χ2v) is 14.2. The van der Waals surface area contributed by atoms with Crippen LogP contribution < -0.4 is 0 Å². The number of esters is 2. The van der Waals surface area contributed by atoms with Gasteiger partial charge in [0, 0.05) is 19.3 Å². The highest BCUT2D eigenvalue weighted by atomic mass is 31.2. The largest absolute Gasteiger partial charge is 0.469 e. The summed E-state index contributed by atoms with van der Waals surface area (Å²) < 4.78 is 26.3. The molecule has 49 heavy (non-hydrogen) atoms. The van der Waals surface area contributed by atoms with E-state index in [0.29, 0.717) is 19.3 Å². The Labute approximate surface area is 298 Å². The molecule has 0 aromatic carbocycles. The molecule has 0 aliphatic heterocycles. The van der Waals surface area contributed by atoms with E-state index in [9.17, 15) is 18.9 Å². The number of rotatable bonds is 35. The third kappa shape index (κ3) is 37.0. The van der Waals surface area contributed by atoms with Gasteiger partial charge in [0.2, 0.25) is 0 Å². The fourth-order valence-electron chi connectivity index (χ4n) is 5.17. The number of phosphoric ester groups is 1. The van der Waals surface area contributed by atoms with Crippen molar-refractivity contribution in [3.63, 3.8) is 0 Å². The van der Waals surface area contributed by atoms with Crippen LogP contribution in [-0.2, 0) is 32.9 Å². The van der Waals surface area contributed by atoms with Crippen molar-refractivity contribution in [3.8, 4) is 0 Å². The van der Waals surface area contributed by atoms with Crippen LogP contribution in [0.3, 0.4) is 0 Å². The van der Waals surface area contributed by atoms with E-state index in [2.05, 4.69) is 36.6 Å². The Morgan fingerprint density at radius 1 is 0.571 bits per heavy atom. The molecule has 9 nitrogen and oxygen atoms in total. The normalized spacial score (nSPS) is 12.7. The van der Waals surface area contributed by atoms with Crippen molar-refractivity contribution in [2.75, 3.05) is 13.2 Å². The van der Waals surface area contributed by atoms with E-state index in [1.807, 2.05) is 6.08 Å². The SMILES string of the molecule is CCCCCCCC/C=C\CCCCCCCC(=O)OC[C@H](COP(=O)(O)O)OC(=O)CCCCCCC/C=C\C=C\C(=O)CCCCC. The van der Waals surface area contributed by atoms with Crippen LogP contribution >= 0.6 is 7.82 Å². The summed E-state index contributed by atoms with van der Waals surface area (Å²) in [5.74, 6) is -0.787. The fourth-order valence-corrected chi connectivity index (χ4v) is 5.53. The van der Waals surface area contributed by atoms with Crippen LogP contribution in [0.2, 0.25) is 0 Å². The number of hydrogen-bond donors (Lipinski definition) is 2. The van der Waals surface area contributed by atoms with Gasteiger partial charge < -0.3 is 19.3 Å². The summed E-state index contributed by atoms with van der Waals surface area (Å²) in [5.41, 5.74) is 0. The van der Waals surface area contributed by atoms with Crippen LogP contribution in [0.1, 0.15) is 174 Å². The molecule has 0 aliphatic carbocycles. The molecule has 0 aliphatic rings. The second kappa shape index (κ2) is 34.4. The number of hydrogen-bond acceptors (Lipinski definition) is 7. The van der Waals surface area contributed by atoms with Gasteiger partial charge in [-0.25, -0.2) is 4.57 Å². The lowest BCUT2D eigenvalue weighted by Gasteiger charge is -2.18. The van der Waals surface area contributed by atoms with E-state index < -0.39 is 32.5 Å². The smallest absolute Gasteiger partial charge is 0.462 e. The lowest BCUT2D eigenvalue weighted by molar-refractivity contribution is -0.161. The molecule has 2 N–H and O–H groups in total. The van der Waals surface area contributed by atoms with Crippen LogP contribution in [0.15, 0.2) is 36.5 Å². The average molecular weight is 713 g/mol. The maximum atomic E-state index is 12.4. The molecule has 1 atom stereocenters. The van der Waals surface area contributed by atoms with Gasteiger partial charge in [0.1, 0.15) is 6.61 Å². The minimum Gasteiger partial charge on any atom is -0.462 e. The number of carbonyl (C=O) groups excluding carboxylic acids is 3. The van der Waals surface area contributed by atoms with E-state index in [-0.39, 0.29) is 25.2 Å². The summed E-state index contributed by atoms with van der Waals surface area (Å²) >= 11 is 0. The molecular weight excluding hydrogens is 643 g/mol. The van der Waals surface area contributed by atoms with Gasteiger partial charge in [0.25, 0.3) is 0 Å². The second-order valence-electron chi connectivity index (χ2n) is 12.9. The first-order valence-electron chi connectivity index (χ1n) is 19.2. The molecule has 0 aromatic heterocycles. The molecule has 0 bridgehead atoms. The molecule has 0 spiro atoms. The summed E-state index contributed by atoms with van der Waals surface area (Å²) in [7, 11) is -4.77. The van der Waals surface area contributed by atoms with Crippen molar-refractivity contribution in [2.45, 2.75) is 180 Å². The number of phosphoric acid groups is 1. The third-order valence-electron chi connectivity index (χ3n) is 8.11. The van der Waals surface area contributed by atoms with Gasteiger partial charge in [-0.15, -0.1) is 0 Å². The molecule has 0 aromatic rings. The summed E-state index contributed by atoms with van der Waals surface area (Å²) in [6, 6.07) is 0. The first-order valence-corrected chi connectivity index (χ1v) is 20.8.